The highest BCUT2D eigenvalue weighted by Crippen LogP contribution is 2.30. The first-order chi connectivity index (χ1) is 7.06. The summed E-state index contributed by atoms with van der Waals surface area (Å²) in [6.07, 6.45) is 0.527. The van der Waals surface area contributed by atoms with Crippen LogP contribution in [0.4, 0.5) is 10.1 Å². The summed E-state index contributed by atoms with van der Waals surface area (Å²) in [4.78, 5) is 9.83. The number of hydrogen-bond donors (Lipinski definition) is 0. The first-order valence-corrected chi connectivity index (χ1v) is 4.65. The van der Waals surface area contributed by atoms with Gasteiger partial charge in [0.15, 0.2) is 0 Å². The Balaban J connectivity index is 3.06. The Labute approximate surface area is 86.8 Å². The fraction of sp³-hybridized carbons (Fsp3) is 0.400. The van der Waals surface area contributed by atoms with Crippen molar-refractivity contribution in [2.45, 2.75) is 26.4 Å². The molecule has 15 heavy (non-hydrogen) atoms. The monoisotopic (exact) mass is 213 g/mol. The van der Waals surface area contributed by atoms with Gasteiger partial charge in [0.25, 0.3) is 0 Å². The number of rotatable bonds is 4. The highest BCUT2D eigenvalue weighted by Gasteiger charge is 2.21. The van der Waals surface area contributed by atoms with Gasteiger partial charge in [-0.3, -0.25) is 10.1 Å². The summed E-state index contributed by atoms with van der Waals surface area (Å²) in [6, 6.07) is 3.83. The Morgan fingerprint density at radius 3 is 2.80 bits per heavy atom. The van der Waals surface area contributed by atoms with Crippen LogP contribution in [0.25, 0.3) is 0 Å². The molecule has 0 saturated heterocycles. The molecule has 0 spiro atoms. The minimum Gasteiger partial charge on any atom is -0.484 e. The lowest BCUT2D eigenvalue weighted by atomic mass is 10.2. The van der Waals surface area contributed by atoms with Crippen molar-refractivity contribution in [3.05, 3.63) is 34.1 Å². The molecule has 5 heteroatoms. The van der Waals surface area contributed by atoms with E-state index in [0.29, 0.717) is 6.42 Å². The van der Waals surface area contributed by atoms with Crippen molar-refractivity contribution in [2.75, 3.05) is 0 Å². The van der Waals surface area contributed by atoms with E-state index in [2.05, 4.69) is 0 Å². The molecule has 0 amide bonds. The van der Waals surface area contributed by atoms with Crippen LogP contribution in [0.1, 0.15) is 20.3 Å². The predicted molar refractivity (Wildman–Crippen MR) is 53.4 cm³/mol. The number of hydrogen-bond acceptors (Lipinski definition) is 3. The van der Waals surface area contributed by atoms with E-state index in [1.165, 1.54) is 12.1 Å². The maximum atomic E-state index is 13.1. The maximum absolute atomic E-state index is 13.1. The summed E-state index contributed by atoms with van der Waals surface area (Å²) in [5, 5.41) is 10.6. The van der Waals surface area contributed by atoms with Crippen molar-refractivity contribution in [2.24, 2.45) is 0 Å². The Hall–Kier alpha value is -1.65. The molecule has 1 atom stereocenters. The normalized spacial score (nSPS) is 12.2. The quantitative estimate of drug-likeness (QED) is 0.570. The molecule has 0 heterocycles. The summed E-state index contributed by atoms with van der Waals surface area (Å²) >= 11 is 0. The number of nitro groups is 1. The number of para-hydroxylation sites is 1. The van der Waals surface area contributed by atoms with Gasteiger partial charge in [0.05, 0.1) is 11.0 Å². The molecule has 0 aliphatic carbocycles. The SMILES string of the molecule is CCC(C)Oc1cccc(F)c1[N+](=O)[O-]. The van der Waals surface area contributed by atoms with Crippen molar-refractivity contribution in [3.8, 4) is 5.75 Å². The standard InChI is InChI=1S/C10H12FNO3/c1-3-7(2)15-9-6-4-5-8(11)10(9)12(13)14/h4-7H,3H2,1-2H3. The Morgan fingerprint density at radius 2 is 2.27 bits per heavy atom. The van der Waals surface area contributed by atoms with Gasteiger partial charge in [0, 0.05) is 0 Å². The van der Waals surface area contributed by atoms with Gasteiger partial charge in [-0.05, 0) is 25.5 Å². The molecular weight excluding hydrogens is 201 g/mol. The van der Waals surface area contributed by atoms with Gasteiger partial charge in [-0.1, -0.05) is 13.0 Å². The third kappa shape index (κ3) is 2.65. The largest absolute Gasteiger partial charge is 0.484 e. The summed E-state index contributed by atoms with van der Waals surface area (Å²) in [7, 11) is 0. The number of ether oxygens (including phenoxy) is 1. The zero-order valence-corrected chi connectivity index (χ0v) is 8.57. The van der Waals surface area contributed by atoms with Gasteiger partial charge >= 0.3 is 5.69 Å². The highest BCUT2D eigenvalue weighted by atomic mass is 19.1. The molecule has 0 aliphatic heterocycles. The molecule has 0 N–H and O–H groups in total. The first-order valence-electron chi connectivity index (χ1n) is 4.65. The molecule has 0 aliphatic rings. The van der Waals surface area contributed by atoms with Crippen molar-refractivity contribution >= 4 is 5.69 Å². The average molecular weight is 213 g/mol. The van der Waals surface area contributed by atoms with Gasteiger partial charge < -0.3 is 4.74 Å². The molecule has 1 aromatic carbocycles. The van der Waals surface area contributed by atoms with Crippen molar-refractivity contribution in [3.63, 3.8) is 0 Å². The first kappa shape index (κ1) is 11.4. The van der Waals surface area contributed by atoms with E-state index in [0.717, 1.165) is 6.07 Å². The minimum atomic E-state index is -0.874. The van der Waals surface area contributed by atoms with E-state index in [-0.39, 0.29) is 11.9 Å². The smallest absolute Gasteiger partial charge is 0.346 e. The molecule has 4 nitrogen and oxygen atoms in total. The van der Waals surface area contributed by atoms with Crippen LogP contribution in [0.2, 0.25) is 0 Å². The van der Waals surface area contributed by atoms with Crippen molar-refractivity contribution in [1.29, 1.82) is 0 Å². The molecule has 82 valence electrons. The fourth-order valence-corrected chi connectivity index (χ4v) is 1.07. The van der Waals surface area contributed by atoms with Crippen LogP contribution < -0.4 is 4.74 Å². The van der Waals surface area contributed by atoms with E-state index in [9.17, 15) is 14.5 Å². The lowest BCUT2D eigenvalue weighted by Gasteiger charge is -2.12. The van der Waals surface area contributed by atoms with Crippen LogP contribution >= 0.6 is 0 Å². The lowest BCUT2D eigenvalue weighted by molar-refractivity contribution is -0.388. The summed E-state index contributed by atoms with van der Waals surface area (Å²) < 4.78 is 18.4. The van der Waals surface area contributed by atoms with Gasteiger partial charge in [-0.2, -0.15) is 4.39 Å². The van der Waals surface area contributed by atoms with Gasteiger partial charge in [-0.25, -0.2) is 0 Å². The van der Waals surface area contributed by atoms with Gasteiger partial charge in [0.2, 0.25) is 11.6 Å². The van der Waals surface area contributed by atoms with Crippen LogP contribution in [-0.2, 0) is 0 Å². The Bertz CT molecular complexity index is 368. The molecule has 0 saturated carbocycles. The van der Waals surface area contributed by atoms with Crippen LogP contribution in [0, 0.1) is 15.9 Å². The molecule has 1 unspecified atom stereocenters. The number of halogens is 1. The van der Waals surface area contributed by atoms with Crippen LogP contribution in [0.15, 0.2) is 18.2 Å². The third-order valence-electron chi connectivity index (χ3n) is 2.04. The number of nitrogens with zero attached hydrogens (tertiary/aromatic N) is 1. The Kier molecular flexibility index (Phi) is 3.60. The van der Waals surface area contributed by atoms with Crippen LogP contribution in [0.5, 0.6) is 5.75 Å². The summed E-state index contributed by atoms with van der Waals surface area (Å²) in [5.41, 5.74) is -0.599. The predicted octanol–water partition coefficient (Wildman–Crippen LogP) is 2.91. The maximum Gasteiger partial charge on any atom is 0.346 e. The molecule has 0 fully saturated rings. The average Bonchev–Trinajstić information content (AvgIpc) is 2.17. The van der Waals surface area contributed by atoms with Gasteiger partial charge in [-0.15, -0.1) is 0 Å². The fourth-order valence-electron chi connectivity index (χ4n) is 1.07. The van der Waals surface area contributed by atoms with Crippen molar-refractivity contribution < 1.29 is 14.1 Å². The van der Waals surface area contributed by atoms with E-state index in [1.807, 2.05) is 6.92 Å². The number of nitro benzene ring substituents is 1. The lowest BCUT2D eigenvalue weighted by Crippen LogP contribution is -2.11. The van der Waals surface area contributed by atoms with Crippen LogP contribution in [0.3, 0.4) is 0 Å². The van der Waals surface area contributed by atoms with E-state index in [4.69, 9.17) is 4.74 Å². The van der Waals surface area contributed by atoms with Crippen molar-refractivity contribution in [1.82, 2.24) is 0 Å². The highest BCUT2D eigenvalue weighted by molar-refractivity contribution is 5.47. The summed E-state index contributed by atoms with van der Waals surface area (Å²) in [6.45, 7) is 3.66. The van der Waals surface area contributed by atoms with Gasteiger partial charge in [0.1, 0.15) is 0 Å². The molecular formula is C10H12FNO3. The second-order valence-corrected chi connectivity index (χ2v) is 3.18. The van der Waals surface area contributed by atoms with E-state index in [1.54, 1.807) is 6.92 Å². The van der Waals surface area contributed by atoms with Crippen LogP contribution in [-0.4, -0.2) is 11.0 Å². The molecule has 0 radical (unpaired) electrons. The topological polar surface area (TPSA) is 52.4 Å². The summed E-state index contributed by atoms with van der Waals surface area (Å²) in [5.74, 6) is -0.893. The van der Waals surface area contributed by atoms with E-state index >= 15 is 0 Å². The molecule has 0 aromatic heterocycles. The second-order valence-electron chi connectivity index (χ2n) is 3.18. The second kappa shape index (κ2) is 4.72. The Morgan fingerprint density at radius 1 is 1.60 bits per heavy atom. The third-order valence-corrected chi connectivity index (χ3v) is 2.04. The zero-order chi connectivity index (χ0) is 11.4. The zero-order valence-electron chi connectivity index (χ0n) is 8.57. The molecule has 0 bridgehead atoms. The minimum absolute atomic E-state index is 0.0191. The number of benzene rings is 1. The van der Waals surface area contributed by atoms with E-state index < -0.39 is 16.4 Å². The molecule has 1 aromatic rings. The molecule has 1 rings (SSSR count).